The zero-order valence-electron chi connectivity index (χ0n) is 14.0. The molecule has 0 N–H and O–H groups in total. The summed E-state index contributed by atoms with van der Waals surface area (Å²) in [6, 6.07) is 11.5. The summed E-state index contributed by atoms with van der Waals surface area (Å²) >= 11 is 0. The van der Waals surface area contributed by atoms with E-state index in [1.807, 2.05) is 6.07 Å². The molecule has 3 nitrogen and oxygen atoms in total. The van der Waals surface area contributed by atoms with Crippen molar-refractivity contribution in [2.24, 2.45) is 5.92 Å². The van der Waals surface area contributed by atoms with Gasteiger partial charge in [-0.2, -0.15) is 0 Å². The lowest BCUT2D eigenvalue weighted by Gasteiger charge is -2.31. The molecule has 0 aromatic heterocycles. The Hall–Kier alpha value is -1.35. The molecule has 0 saturated carbocycles. The average Bonchev–Trinajstić information content (AvgIpc) is 3.03. The number of rotatable bonds is 5. The van der Waals surface area contributed by atoms with Crippen molar-refractivity contribution in [1.29, 1.82) is 0 Å². The Morgan fingerprint density at radius 3 is 2.55 bits per heavy atom. The molecule has 0 bridgehead atoms. The van der Waals surface area contributed by atoms with Crippen LogP contribution in [-0.2, 0) is 4.79 Å². The van der Waals surface area contributed by atoms with Crippen molar-refractivity contribution < 1.29 is 4.79 Å². The van der Waals surface area contributed by atoms with Crippen LogP contribution in [0.3, 0.4) is 0 Å². The number of amides is 1. The summed E-state index contributed by atoms with van der Waals surface area (Å²) in [5, 5.41) is 0. The first-order valence-corrected chi connectivity index (χ1v) is 8.68. The number of likely N-dealkylation sites (tertiary alicyclic amines) is 2. The van der Waals surface area contributed by atoms with Crippen molar-refractivity contribution in [2.45, 2.75) is 58.2 Å². The van der Waals surface area contributed by atoms with Gasteiger partial charge in [-0.15, -0.1) is 0 Å². The summed E-state index contributed by atoms with van der Waals surface area (Å²) < 4.78 is 0. The number of nitrogens with zero attached hydrogens (tertiary/aromatic N) is 2. The van der Waals surface area contributed by atoms with Crippen LogP contribution < -0.4 is 0 Å². The molecule has 3 heteroatoms. The number of carbonyl (C=O) groups is 1. The van der Waals surface area contributed by atoms with E-state index < -0.39 is 0 Å². The first-order valence-electron chi connectivity index (χ1n) is 8.68. The summed E-state index contributed by atoms with van der Waals surface area (Å²) in [5.74, 6) is 1.07. The second-order valence-electron chi connectivity index (χ2n) is 7.23. The Morgan fingerprint density at radius 2 is 1.86 bits per heavy atom. The molecule has 0 spiro atoms. The molecule has 3 rings (SSSR count). The molecule has 2 saturated heterocycles. The van der Waals surface area contributed by atoms with Crippen LogP contribution in [0.25, 0.3) is 0 Å². The van der Waals surface area contributed by atoms with Crippen molar-refractivity contribution >= 4 is 5.91 Å². The minimum Gasteiger partial charge on any atom is -0.331 e. The molecule has 2 aliphatic rings. The van der Waals surface area contributed by atoms with Crippen molar-refractivity contribution in [3.8, 4) is 0 Å². The predicted octanol–water partition coefficient (Wildman–Crippen LogP) is 3.47. The van der Waals surface area contributed by atoms with Gasteiger partial charge in [-0.25, -0.2) is 0 Å². The van der Waals surface area contributed by atoms with Gasteiger partial charge in [-0.1, -0.05) is 44.2 Å². The van der Waals surface area contributed by atoms with E-state index in [0.717, 1.165) is 25.4 Å². The zero-order chi connectivity index (χ0) is 15.7. The highest BCUT2D eigenvalue weighted by Gasteiger charge is 2.47. The fourth-order valence-electron chi connectivity index (χ4n) is 4.06. The Kier molecular flexibility index (Phi) is 4.53. The third-order valence-corrected chi connectivity index (χ3v) is 5.35. The highest BCUT2D eigenvalue weighted by Crippen LogP contribution is 2.38. The van der Waals surface area contributed by atoms with E-state index in [0.29, 0.717) is 24.4 Å². The Bertz CT molecular complexity index is 513. The van der Waals surface area contributed by atoms with Crippen molar-refractivity contribution in [3.05, 3.63) is 35.9 Å². The standard InChI is InChI=1S/C19H28N2O/c1-14(2)9-11-20-12-10-17-18(20)13-19(22)21(17)15(3)16-7-5-4-6-8-16/h4-8,14-15,17-18H,9-13H2,1-3H3/t15-,17+,18+/m1/s1. The third-order valence-electron chi connectivity index (χ3n) is 5.35. The van der Waals surface area contributed by atoms with Crippen LogP contribution in [0, 0.1) is 5.92 Å². The van der Waals surface area contributed by atoms with Crippen LogP contribution in [0.15, 0.2) is 30.3 Å². The number of hydrogen-bond acceptors (Lipinski definition) is 2. The summed E-state index contributed by atoms with van der Waals surface area (Å²) in [6.45, 7) is 9.01. The first-order chi connectivity index (χ1) is 10.6. The smallest absolute Gasteiger partial charge is 0.225 e. The summed E-state index contributed by atoms with van der Waals surface area (Å²) in [7, 11) is 0. The number of fused-ring (bicyclic) bond motifs is 1. The van der Waals surface area contributed by atoms with Gasteiger partial charge < -0.3 is 4.90 Å². The summed E-state index contributed by atoms with van der Waals surface area (Å²) in [5.41, 5.74) is 1.25. The second-order valence-corrected chi connectivity index (χ2v) is 7.23. The summed E-state index contributed by atoms with van der Waals surface area (Å²) in [4.78, 5) is 17.3. The van der Waals surface area contributed by atoms with E-state index in [1.54, 1.807) is 0 Å². The first kappa shape index (κ1) is 15.5. The van der Waals surface area contributed by atoms with E-state index in [-0.39, 0.29) is 6.04 Å². The molecule has 1 aromatic carbocycles. The van der Waals surface area contributed by atoms with E-state index in [2.05, 4.69) is 54.8 Å². The van der Waals surface area contributed by atoms with Gasteiger partial charge in [0.2, 0.25) is 5.91 Å². The van der Waals surface area contributed by atoms with Gasteiger partial charge in [0.05, 0.1) is 6.04 Å². The van der Waals surface area contributed by atoms with Crippen LogP contribution in [0.4, 0.5) is 0 Å². The molecule has 0 unspecified atom stereocenters. The van der Waals surface area contributed by atoms with Crippen molar-refractivity contribution in [3.63, 3.8) is 0 Å². The van der Waals surface area contributed by atoms with Gasteiger partial charge in [0.25, 0.3) is 0 Å². The highest BCUT2D eigenvalue weighted by molar-refractivity contribution is 5.80. The average molecular weight is 300 g/mol. The van der Waals surface area contributed by atoms with Crippen LogP contribution in [0.5, 0.6) is 0 Å². The molecule has 1 aromatic rings. The van der Waals surface area contributed by atoms with Gasteiger partial charge in [0.1, 0.15) is 0 Å². The second kappa shape index (κ2) is 6.41. The monoisotopic (exact) mass is 300 g/mol. The van der Waals surface area contributed by atoms with Gasteiger partial charge in [0, 0.05) is 25.0 Å². The molecule has 3 atom stereocenters. The zero-order valence-corrected chi connectivity index (χ0v) is 14.0. The molecule has 2 heterocycles. The number of benzene rings is 1. The van der Waals surface area contributed by atoms with Gasteiger partial charge in [-0.05, 0) is 37.8 Å². The lowest BCUT2D eigenvalue weighted by molar-refractivity contribution is -0.131. The molecule has 2 fully saturated rings. The van der Waals surface area contributed by atoms with Crippen LogP contribution >= 0.6 is 0 Å². The van der Waals surface area contributed by atoms with Crippen molar-refractivity contribution in [1.82, 2.24) is 9.80 Å². The Morgan fingerprint density at radius 1 is 1.14 bits per heavy atom. The highest BCUT2D eigenvalue weighted by atomic mass is 16.2. The minimum atomic E-state index is 0.189. The SMILES string of the molecule is CC(C)CCN1CC[C@H]2[C@@H]1CC(=O)N2[C@H](C)c1ccccc1. The maximum absolute atomic E-state index is 12.6. The maximum atomic E-state index is 12.6. The number of hydrogen-bond donors (Lipinski definition) is 0. The molecular weight excluding hydrogens is 272 g/mol. The van der Waals surface area contributed by atoms with Gasteiger partial charge in [-0.3, -0.25) is 9.69 Å². The molecular formula is C19H28N2O. The maximum Gasteiger partial charge on any atom is 0.225 e. The molecule has 22 heavy (non-hydrogen) atoms. The van der Waals surface area contributed by atoms with Crippen molar-refractivity contribution in [2.75, 3.05) is 13.1 Å². The predicted molar refractivity (Wildman–Crippen MR) is 89.5 cm³/mol. The van der Waals surface area contributed by atoms with Crippen LogP contribution in [0.2, 0.25) is 0 Å². The molecule has 120 valence electrons. The van der Waals surface area contributed by atoms with E-state index in [1.165, 1.54) is 12.0 Å². The Labute approximate surface area is 134 Å². The Balaban J connectivity index is 1.71. The minimum absolute atomic E-state index is 0.189. The van der Waals surface area contributed by atoms with Crippen LogP contribution in [0.1, 0.15) is 51.6 Å². The fraction of sp³-hybridized carbons (Fsp3) is 0.632. The molecule has 1 amide bonds. The summed E-state index contributed by atoms with van der Waals surface area (Å²) in [6.07, 6.45) is 3.07. The van der Waals surface area contributed by atoms with Gasteiger partial charge >= 0.3 is 0 Å². The quantitative estimate of drug-likeness (QED) is 0.831. The normalized spacial score (nSPS) is 26.7. The largest absolute Gasteiger partial charge is 0.331 e. The van der Waals surface area contributed by atoms with E-state index in [9.17, 15) is 4.79 Å². The van der Waals surface area contributed by atoms with E-state index >= 15 is 0 Å². The molecule has 2 aliphatic heterocycles. The van der Waals surface area contributed by atoms with E-state index in [4.69, 9.17) is 0 Å². The van der Waals surface area contributed by atoms with Crippen LogP contribution in [-0.4, -0.2) is 40.9 Å². The molecule has 0 radical (unpaired) electrons. The topological polar surface area (TPSA) is 23.6 Å². The third kappa shape index (κ3) is 2.91. The lowest BCUT2D eigenvalue weighted by atomic mass is 10.0. The number of carbonyl (C=O) groups excluding carboxylic acids is 1. The van der Waals surface area contributed by atoms with Gasteiger partial charge in [0.15, 0.2) is 0 Å². The lowest BCUT2D eigenvalue weighted by Crippen LogP contribution is -2.39. The fourth-order valence-corrected chi connectivity index (χ4v) is 4.06. The molecule has 0 aliphatic carbocycles.